The molecule has 0 aliphatic carbocycles. The Labute approximate surface area is 168 Å². The Hall–Kier alpha value is -4.22. The molecule has 0 atom stereocenters. The van der Waals surface area contributed by atoms with Gasteiger partial charge in [0.15, 0.2) is 14.2 Å². The molecular weight excluding hydrogens is 396 g/mol. The van der Waals surface area contributed by atoms with Gasteiger partial charge in [-0.25, -0.2) is 19.3 Å². The zero-order valence-electron chi connectivity index (χ0n) is 16.7. The van der Waals surface area contributed by atoms with Gasteiger partial charge in [0, 0.05) is 38.4 Å². The first-order chi connectivity index (χ1) is 14.3. The number of aryl methyl sites for hydroxylation is 2. The highest BCUT2D eigenvalue weighted by atomic mass is 16.8. The van der Waals surface area contributed by atoms with Gasteiger partial charge < -0.3 is 9.97 Å². The highest BCUT2D eigenvalue weighted by Gasteiger charge is 2.18. The molecule has 12 heteroatoms. The summed E-state index contributed by atoms with van der Waals surface area (Å²) < 4.78 is 3.02. The van der Waals surface area contributed by atoms with Crippen LogP contribution in [0.3, 0.4) is 0 Å². The van der Waals surface area contributed by atoms with Gasteiger partial charge in [-0.2, -0.15) is 0 Å². The minimum absolute atomic E-state index is 0.123. The first-order valence-corrected chi connectivity index (χ1v) is 8.67. The standard InChI is InChI=1S/C10H12N3O3.C8H7N3O3/c1-11-8-5-4-7(13(15)16-3)6-9(8)12(2)10(11)14;1-14-11(13)5-2-3-6-7(4-5)10-8(12)9-6/h4-6H,1-3H3;2-4H,1H3,(H-,9,10,12,13)/q+1;/p+1. The van der Waals surface area contributed by atoms with Gasteiger partial charge in [-0.15, -0.1) is 0 Å². The van der Waals surface area contributed by atoms with Crippen molar-refractivity contribution >= 4 is 33.4 Å². The third-order valence-corrected chi connectivity index (χ3v) is 4.51. The average Bonchev–Trinajstić information content (AvgIpc) is 3.24. The number of aromatic amines is 2. The second kappa shape index (κ2) is 8.03. The summed E-state index contributed by atoms with van der Waals surface area (Å²) in [5, 5.41) is 0. The summed E-state index contributed by atoms with van der Waals surface area (Å²) in [4.78, 5) is 59.8. The molecule has 0 saturated carbocycles. The van der Waals surface area contributed by atoms with E-state index in [1.807, 2.05) is 0 Å². The van der Waals surface area contributed by atoms with Crippen molar-refractivity contribution in [3.05, 3.63) is 67.2 Å². The van der Waals surface area contributed by atoms with Crippen molar-refractivity contribution in [3.63, 3.8) is 0 Å². The van der Waals surface area contributed by atoms with Crippen LogP contribution in [0.5, 0.6) is 0 Å². The first-order valence-electron chi connectivity index (χ1n) is 8.67. The molecule has 156 valence electrons. The smallest absolute Gasteiger partial charge is 0.306 e. The number of benzene rings is 2. The van der Waals surface area contributed by atoms with Crippen LogP contribution in [0.25, 0.3) is 22.1 Å². The Kier molecular flexibility index (Phi) is 5.49. The van der Waals surface area contributed by atoms with Gasteiger partial charge in [0.25, 0.3) is 9.85 Å². The first kappa shape index (κ1) is 20.5. The lowest BCUT2D eigenvalue weighted by molar-refractivity contribution is -0.736. The fourth-order valence-corrected chi connectivity index (χ4v) is 2.95. The van der Waals surface area contributed by atoms with E-state index in [-0.39, 0.29) is 11.4 Å². The second-order valence-electron chi connectivity index (χ2n) is 6.26. The lowest BCUT2D eigenvalue weighted by atomic mass is 10.3. The molecule has 2 heterocycles. The summed E-state index contributed by atoms with van der Waals surface area (Å²) in [5.74, 6) is 0. The lowest BCUT2D eigenvalue weighted by Gasteiger charge is -1.93. The number of rotatable bonds is 4. The van der Waals surface area contributed by atoms with E-state index in [9.17, 15) is 19.4 Å². The number of hydrogen-bond donors (Lipinski definition) is 2. The van der Waals surface area contributed by atoms with Gasteiger partial charge in [0.1, 0.15) is 0 Å². The number of H-pyrrole nitrogens is 2. The fourth-order valence-electron chi connectivity index (χ4n) is 2.95. The van der Waals surface area contributed by atoms with Crippen molar-refractivity contribution in [1.29, 1.82) is 0 Å². The molecule has 12 nitrogen and oxygen atoms in total. The minimum Gasteiger partial charge on any atom is -0.306 e. The van der Waals surface area contributed by atoms with Crippen LogP contribution in [0, 0.1) is 9.81 Å². The Morgan fingerprint density at radius 2 is 1.30 bits per heavy atom. The predicted octanol–water partition coefficient (Wildman–Crippen LogP) is 1.68. The number of hydrogen-bond acceptors (Lipinski definition) is 6. The lowest BCUT2D eigenvalue weighted by Crippen LogP contribution is -2.19. The molecule has 2 aromatic heterocycles. The molecule has 2 N–H and O–H groups in total. The van der Waals surface area contributed by atoms with E-state index < -0.39 is 0 Å². The monoisotopic (exact) mass is 416 g/mol. The van der Waals surface area contributed by atoms with Crippen LogP contribution < -0.4 is 11.4 Å². The van der Waals surface area contributed by atoms with E-state index in [0.717, 1.165) is 5.52 Å². The zero-order valence-corrected chi connectivity index (χ0v) is 16.7. The van der Waals surface area contributed by atoms with Crippen molar-refractivity contribution in [2.75, 3.05) is 14.2 Å². The van der Waals surface area contributed by atoms with Crippen LogP contribution in [0.15, 0.2) is 46.0 Å². The van der Waals surface area contributed by atoms with Gasteiger partial charge in [0.2, 0.25) is 0 Å². The molecule has 0 saturated heterocycles. The molecule has 4 rings (SSSR count). The average molecular weight is 416 g/mol. The molecule has 0 radical (unpaired) electrons. The predicted molar refractivity (Wildman–Crippen MR) is 108 cm³/mol. The van der Waals surface area contributed by atoms with Crippen LogP contribution in [0.1, 0.15) is 0 Å². The van der Waals surface area contributed by atoms with Crippen molar-refractivity contribution in [2.24, 2.45) is 14.1 Å². The minimum atomic E-state index is -0.299. The number of nitrogens with one attached hydrogen (secondary N) is 2. The van der Waals surface area contributed by atoms with Gasteiger partial charge in [-0.3, -0.25) is 9.13 Å². The largest absolute Gasteiger partial charge is 0.328 e. The highest BCUT2D eigenvalue weighted by Crippen LogP contribution is 2.19. The van der Waals surface area contributed by atoms with E-state index in [2.05, 4.69) is 19.6 Å². The molecular formula is C18H20N6O6+2. The molecule has 0 amide bonds. The molecule has 0 aliphatic rings. The number of aromatic nitrogens is 4. The SMILES string of the molecule is CO[N+](=O)c1ccc2[nH]c(=O)[nH]c2c1.CO[N+](=O)c1ccc2c(c1)n(C)c(=O)n2C. The summed E-state index contributed by atoms with van der Waals surface area (Å²) in [6.07, 6.45) is 0. The summed E-state index contributed by atoms with van der Waals surface area (Å²) >= 11 is 0. The van der Waals surface area contributed by atoms with Gasteiger partial charge in [-0.05, 0) is 12.1 Å². The Balaban J connectivity index is 0.000000172. The number of nitrogens with zero attached hydrogens (tertiary/aromatic N) is 4. The van der Waals surface area contributed by atoms with Crippen LogP contribution in [-0.4, -0.2) is 43.2 Å². The quantitative estimate of drug-likeness (QED) is 0.486. The Morgan fingerprint density at radius 3 is 1.93 bits per heavy atom. The van der Waals surface area contributed by atoms with Gasteiger partial charge in [0.05, 0.1) is 31.9 Å². The van der Waals surface area contributed by atoms with Crippen LogP contribution in [0.2, 0.25) is 0 Å². The van der Waals surface area contributed by atoms with Crippen molar-refractivity contribution in [3.8, 4) is 0 Å². The van der Waals surface area contributed by atoms with Crippen molar-refractivity contribution < 1.29 is 19.5 Å². The van der Waals surface area contributed by atoms with Gasteiger partial charge >= 0.3 is 22.8 Å². The van der Waals surface area contributed by atoms with Crippen molar-refractivity contribution in [1.82, 2.24) is 19.1 Å². The molecule has 0 fully saturated rings. The molecule has 2 aromatic carbocycles. The fraction of sp³-hybridized carbons (Fsp3) is 0.222. The topological polar surface area (TPSA) is 134 Å². The number of fused-ring (bicyclic) bond motifs is 2. The Morgan fingerprint density at radius 1 is 0.767 bits per heavy atom. The maximum Gasteiger partial charge on any atom is 0.328 e. The van der Waals surface area contributed by atoms with Crippen LogP contribution in [-0.2, 0) is 23.8 Å². The second-order valence-corrected chi connectivity index (χ2v) is 6.26. The maximum atomic E-state index is 11.6. The normalized spacial score (nSPS) is 10.5. The van der Waals surface area contributed by atoms with E-state index in [4.69, 9.17) is 0 Å². The summed E-state index contributed by atoms with van der Waals surface area (Å²) in [6, 6.07) is 9.67. The number of imidazole rings is 2. The van der Waals surface area contributed by atoms with E-state index in [0.29, 0.717) is 37.8 Å². The van der Waals surface area contributed by atoms with Crippen molar-refractivity contribution in [2.45, 2.75) is 0 Å². The van der Waals surface area contributed by atoms with E-state index in [1.54, 1.807) is 44.4 Å². The Bertz CT molecular complexity index is 1380. The summed E-state index contributed by atoms with van der Waals surface area (Å²) in [5.41, 5.74) is 2.97. The third kappa shape index (κ3) is 3.70. The summed E-state index contributed by atoms with van der Waals surface area (Å²) in [6.45, 7) is 0. The molecule has 0 aliphatic heterocycles. The molecule has 0 spiro atoms. The zero-order chi connectivity index (χ0) is 22.0. The van der Waals surface area contributed by atoms with Gasteiger partial charge in [-0.1, -0.05) is 0 Å². The third-order valence-electron chi connectivity index (χ3n) is 4.51. The molecule has 30 heavy (non-hydrogen) atoms. The van der Waals surface area contributed by atoms with E-state index in [1.165, 1.54) is 29.4 Å². The maximum absolute atomic E-state index is 11.6. The highest BCUT2D eigenvalue weighted by molar-refractivity contribution is 5.78. The molecule has 4 aromatic rings. The van der Waals surface area contributed by atoms with Crippen LogP contribution >= 0.6 is 0 Å². The van der Waals surface area contributed by atoms with E-state index >= 15 is 0 Å². The molecule has 0 unspecified atom stereocenters. The van der Waals surface area contributed by atoms with Crippen LogP contribution in [0.4, 0.5) is 11.4 Å². The molecule has 0 bridgehead atoms. The summed E-state index contributed by atoms with van der Waals surface area (Å²) in [7, 11) is 5.92.